The molecule has 1 aromatic heterocycles. The fourth-order valence-corrected chi connectivity index (χ4v) is 1.92. The lowest BCUT2D eigenvalue weighted by Crippen LogP contribution is -2.39. The van der Waals surface area contributed by atoms with E-state index in [2.05, 4.69) is 9.72 Å². The summed E-state index contributed by atoms with van der Waals surface area (Å²) in [5.41, 5.74) is -0.979. The second kappa shape index (κ2) is 4.61. The van der Waals surface area contributed by atoms with Crippen LogP contribution in [0.15, 0.2) is 5.38 Å². The first kappa shape index (κ1) is 12.6. The van der Waals surface area contributed by atoms with Crippen molar-refractivity contribution < 1.29 is 19.4 Å². The van der Waals surface area contributed by atoms with Crippen LogP contribution in [0.1, 0.15) is 17.6 Å². The molecule has 16 heavy (non-hydrogen) atoms. The van der Waals surface area contributed by atoms with Crippen LogP contribution >= 0.6 is 11.3 Å². The molecule has 1 heterocycles. The maximum absolute atomic E-state index is 11.5. The van der Waals surface area contributed by atoms with Gasteiger partial charge in [-0.15, -0.1) is 11.3 Å². The lowest BCUT2D eigenvalue weighted by atomic mass is 9.86. The number of rotatable bonds is 4. The number of ether oxygens (including phenoxy) is 1. The van der Waals surface area contributed by atoms with Crippen molar-refractivity contribution >= 4 is 23.3 Å². The topological polar surface area (TPSA) is 76.5 Å². The summed E-state index contributed by atoms with van der Waals surface area (Å²) >= 11 is 1.42. The van der Waals surface area contributed by atoms with Gasteiger partial charge in [-0.3, -0.25) is 9.59 Å². The molecule has 0 aromatic carbocycles. The van der Waals surface area contributed by atoms with Gasteiger partial charge in [0, 0.05) is 11.8 Å². The third-order valence-corrected chi connectivity index (χ3v) is 3.13. The molecule has 0 saturated carbocycles. The lowest BCUT2D eigenvalue weighted by molar-refractivity contribution is -0.165. The van der Waals surface area contributed by atoms with Gasteiger partial charge in [0.1, 0.15) is 0 Å². The molecule has 0 aliphatic heterocycles. The highest BCUT2D eigenvalue weighted by Gasteiger charge is 2.43. The first-order valence-corrected chi connectivity index (χ1v) is 5.51. The number of thiazole rings is 1. The molecule has 6 heteroatoms. The number of aliphatic carboxylic acids is 1. The number of carboxylic acid groups (broad SMARTS) is 1. The minimum atomic E-state index is -1.57. The van der Waals surface area contributed by atoms with E-state index in [-0.39, 0.29) is 6.42 Å². The van der Waals surface area contributed by atoms with Crippen LogP contribution in [-0.4, -0.2) is 29.1 Å². The molecular weight excluding hydrogens is 230 g/mol. The Bertz CT molecular complexity index is 415. The number of carboxylic acids is 1. The molecule has 5 nitrogen and oxygen atoms in total. The van der Waals surface area contributed by atoms with E-state index >= 15 is 0 Å². The number of hydrogen-bond donors (Lipinski definition) is 1. The number of hydrogen-bond acceptors (Lipinski definition) is 5. The Kier molecular flexibility index (Phi) is 3.64. The van der Waals surface area contributed by atoms with Crippen molar-refractivity contribution in [1.82, 2.24) is 4.98 Å². The molecule has 0 spiro atoms. The fraction of sp³-hybridized carbons (Fsp3) is 0.500. The quantitative estimate of drug-likeness (QED) is 0.636. The van der Waals surface area contributed by atoms with E-state index in [1.54, 1.807) is 5.38 Å². The largest absolute Gasteiger partial charge is 0.480 e. The van der Waals surface area contributed by atoms with Crippen molar-refractivity contribution in [3.05, 3.63) is 16.1 Å². The fourth-order valence-electron chi connectivity index (χ4n) is 1.31. The first-order valence-electron chi connectivity index (χ1n) is 4.63. The van der Waals surface area contributed by atoms with E-state index in [1.165, 1.54) is 25.4 Å². The van der Waals surface area contributed by atoms with Gasteiger partial charge in [-0.25, -0.2) is 4.98 Å². The third kappa shape index (κ3) is 2.38. The molecule has 1 unspecified atom stereocenters. The Labute approximate surface area is 97.1 Å². The summed E-state index contributed by atoms with van der Waals surface area (Å²) < 4.78 is 4.51. The van der Waals surface area contributed by atoms with Gasteiger partial charge in [0.15, 0.2) is 5.41 Å². The van der Waals surface area contributed by atoms with Crippen LogP contribution in [0.3, 0.4) is 0 Å². The predicted molar refractivity (Wildman–Crippen MR) is 58.3 cm³/mol. The highest BCUT2D eigenvalue weighted by atomic mass is 32.1. The Hall–Kier alpha value is -1.43. The van der Waals surface area contributed by atoms with E-state index in [4.69, 9.17) is 5.11 Å². The molecular formula is C10H13NO4S. The van der Waals surface area contributed by atoms with Crippen molar-refractivity contribution in [3.63, 3.8) is 0 Å². The monoisotopic (exact) mass is 243 g/mol. The maximum atomic E-state index is 11.5. The van der Waals surface area contributed by atoms with Crippen molar-refractivity contribution in [3.8, 4) is 0 Å². The molecule has 0 saturated heterocycles. The summed E-state index contributed by atoms with van der Waals surface area (Å²) in [6, 6.07) is 0. The molecule has 0 bridgehead atoms. The maximum Gasteiger partial charge on any atom is 0.323 e. The van der Waals surface area contributed by atoms with E-state index < -0.39 is 17.4 Å². The van der Waals surface area contributed by atoms with Gasteiger partial charge < -0.3 is 9.84 Å². The van der Waals surface area contributed by atoms with Crippen LogP contribution in [0.5, 0.6) is 0 Å². The number of esters is 1. The summed E-state index contributed by atoms with van der Waals surface area (Å²) in [5, 5.41) is 11.7. The van der Waals surface area contributed by atoms with E-state index in [1.807, 2.05) is 6.92 Å². The molecule has 0 aliphatic carbocycles. The van der Waals surface area contributed by atoms with Crippen molar-refractivity contribution in [2.75, 3.05) is 7.11 Å². The number of carbonyl (C=O) groups excluding carboxylic acids is 1. The van der Waals surface area contributed by atoms with Crippen LogP contribution in [0.4, 0.5) is 0 Å². The first-order chi connectivity index (χ1) is 7.40. The summed E-state index contributed by atoms with van der Waals surface area (Å²) in [6.07, 6.45) is 0.0410. The minimum Gasteiger partial charge on any atom is -0.480 e. The minimum absolute atomic E-state index is 0.0410. The Morgan fingerprint density at radius 2 is 2.25 bits per heavy atom. The molecule has 0 amide bonds. The van der Waals surface area contributed by atoms with Gasteiger partial charge in [-0.1, -0.05) is 0 Å². The average molecular weight is 243 g/mol. The lowest BCUT2D eigenvalue weighted by Gasteiger charge is -2.20. The van der Waals surface area contributed by atoms with E-state index in [0.29, 0.717) is 5.69 Å². The number of aromatic nitrogens is 1. The Morgan fingerprint density at radius 3 is 2.62 bits per heavy atom. The van der Waals surface area contributed by atoms with Crippen LogP contribution in [0.25, 0.3) is 0 Å². The molecule has 0 fully saturated rings. The zero-order chi connectivity index (χ0) is 12.3. The summed E-state index contributed by atoms with van der Waals surface area (Å²) in [6.45, 7) is 3.17. The summed E-state index contributed by atoms with van der Waals surface area (Å²) in [4.78, 5) is 26.7. The van der Waals surface area contributed by atoms with Crippen LogP contribution in [-0.2, 0) is 20.7 Å². The van der Waals surface area contributed by atoms with Gasteiger partial charge >= 0.3 is 11.9 Å². The van der Waals surface area contributed by atoms with Crippen molar-refractivity contribution in [2.24, 2.45) is 5.41 Å². The Balaban J connectivity index is 2.96. The normalized spacial score (nSPS) is 14.2. The van der Waals surface area contributed by atoms with Gasteiger partial charge in [0.25, 0.3) is 0 Å². The number of methoxy groups -OCH3 is 1. The highest BCUT2D eigenvalue weighted by Crippen LogP contribution is 2.25. The molecule has 0 radical (unpaired) electrons. The number of carbonyl (C=O) groups is 2. The molecule has 1 aromatic rings. The summed E-state index contributed by atoms with van der Waals surface area (Å²) in [5.74, 6) is -1.96. The van der Waals surface area contributed by atoms with Crippen LogP contribution in [0.2, 0.25) is 0 Å². The molecule has 1 atom stereocenters. The molecule has 1 rings (SSSR count). The van der Waals surface area contributed by atoms with Crippen molar-refractivity contribution in [1.29, 1.82) is 0 Å². The van der Waals surface area contributed by atoms with Gasteiger partial charge in [0.2, 0.25) is 0 Å². The van der Waals surface area contributed by atoms with Crippen LogP contribution < -0.4 is 0 Å². The smallest absolute Gasteiger partial charge is 0.323 e. The van der Waals surface area contributed by atoms with Crippen LogP contribution in [0, 0.1) is 12.3 Å². The Morgan fingerprint density at radius 1 is 1.62 bits per heavy atom. The standard InChI is InChI=1S/C10H13NO4S/c1-6-11-7(5-16-6)4-10(2,8(12)13)9(14)15-3/h5H,4H2,1-3H3,(H,12,13). The van der Waals surface area contributed by atoms with Gasteiger partial charge in [0.05, 0.1) is 17.8 Å². The molecule has 88 valence electrons. The highest BCUT2D eigenvalue weighted by molar-refractivity contribution is 7.09. The summed E-state index contributed by atoms with van der Waals surface area (Å²) in [7, 11) is 1.18. The van der Waals surface area contributed by atoms with E-state index in [0.717, 1.165) is 5.01 Å². The predicted octanol–water partition coefficient (Wildman–Crippen LogP) is 1.26. The molecule has 0 aliphatic rings. The zero-order valence-corrected chi connectivity index (χ0v) is 10.1. The SMILES string of the molecule is COC(=O)C(C)(Cc1csc(C)n1)C(=O)O. The number of aryl methyl sites for hydroxylation is 1. The van der Waals surface area contributed by atoms with Gasteiger partial charge in [-0.2, -0.15) is 0 Å². The zero-order valence-electron chi connectivity index (χ0n) is 9.31. The second-order valence-corrected chi connectivity index (χ2v) is 4.73. The second-order valence-electron chi connectivity index (χ2n) is 3.66. The number of nitrogens with zero attached hydrogens (tertiary/aromatic N) is 1. The average Bonchev–Trinajstić information content (AvgIpc) is 2.62. The van der Waals surface area contributed by atoms with Gasteiger partial charge in [-0.05, 0) is 13.8 Å². The third-order valence-electron chi connectivity index (χ3n) is 2.31. The van der Waals surface area contributed by atoms with E-state index in [9.17, 15) is 9.59 Å². The van der Waals surface area contributed by atoms with Crippen molar-refractivity contribution in [2.45, 2.75) is 20.3 Å². The molecule has 1 N–H and O–H groups in total.